The molecule has 1 aromatic rings. The second-order valence-electron chi connectivity index (χ2n) is 5.96. The van der Waals surface area contributed by atoms with Crippen LogP contribution in [-0.4, -0.2) is 11.2 Å². The van der Waals surface area contributed by atoms with E-state index in [-0.39, 0.29) is 11.5 Å². The van der Waals surface area contributed by atoms with Crippen molar-refractivity contribution in [3.05, 3.63) is 34.4 Å². The number of benzene rings is 1. The minimum atomic E-state index is -0.285. The van der Waals surface area contributed by atoms with Crippen LogP contribution in [0.1, 0.15) is 43.0 Å². The molecule has 0 amide bonds. The van der Waals surface area contributed by atoms with Crippen LogP contribution in [0.5, 0.6) is 0 Å². The van der Waals surface area contributed by atoms with Gasteiger partial charge in [0.25, 0.3) is 0 Å². The molecule has 1 atom stereocenters. The summed E-state index contributed by atoms with van der Waals surface area (Å²) in [5.41, 5.74) is 5.13. The Bertz CT molecular complexity index is 349. The zero-order chi connectivity index (χ0) is 12.5. The third kappa shape index (κ3) is 3.08. The highest BCUT2D eigenvalue weighted by molar-refractivity contribution is 5.38. The maximum absolute atomic E-state index is 10.2. The normalized spacial score (nSPS) is 13.9. The molecule has 1 rings (SSSR count). The van der Waals surface area contributed by atoms with Crippen LogP contribution in [-0.2, 0) is 6.42 Å². The first-order valence-electron chi connectivity index (χ1n) is 5.96. The standard InChI is InChI=1S/C15H24O/c1-10-7-11(2)13(12(3)8-10)9-14(16)15(4,5)6/h7-8,14,16H,9H2,1-6H3. The highest BCUT2D eigenvalue weighted by atomic mass is 16.3. The van der Waals surface area contributed by atoms with Crippen LogP contribution >= 0.6 is 0 Å². The van der Waals surface area contributed by atoms with E-state index in [0.717, 1.165) is 6.42 Å². The summed E-state index contributed by atoms with van der Waals surface area (Å²) < 4.78 is 0. The highest BCUT2D eigenvalue weighted by Crippen LogP contribution is 2.25. The van der Waals surface area contributed by atoms with E-state index in [1.165, 1.54) is 22.3 Å². The lowest BCUT2D eigenvalue weighted by Gasteiger charge is -2.27. The molecule has 0 aliphatic rings. The number of hydrogen-bond acceptors (Lipinski definition) is 1. The van der Waals surface area contributed by atoms with Crippen molar-refractivity contribution in [3.63, 3.8) is 0 Å². The highest BCUT2D eigenvalue weighted by Gasteiger charge is 2.23. The van der Waals surface area contributed by atoms with Crippen molar-refractivity contribution in [1.82, 2.24) is 0 Å². The lowest BCUT2D eigenvalue weighted by Crippen LogP contribution is -2.28. The molecule has 1 aromatic carbocycles. The Morgan fingerprint density at radius 2 is 1.50 bits per heavy atom. The first-order chi connectivity index (χ1) is 7.21. The van der Waals surface area contributed by atoms with Crippen molar-refractivity contribution < 1.29 is 5.11 Å². The molecule has 0 bridgehead atoms. The molecule has 0 spiro atoms. The molecule has 16 heavy (non-hydrogen) atoms. The molecule has 0 aromatic heterocycles. The third-order valence-corrected chi connectivity index (χ3v) is 3.24. The van der Waals surface area contributed by atoms with E-state index < -0.39 is 0 Å². The molecule has 0 aliphatic heterocycles. The van der Waals surface area contributed by atoms with Gasteiger partial charge in [-0.3, -0.25) is 0 Å². The molecular weight excluding hydrogens is 196 g/mol. The van der Waals surface area contributed by atoms with E-state index in [0.29, 0.717) is 0 Å². The average molecular weight is 220 g/mol. The van der Waals surface area contributed by atoms with Crippen LogP contribution < -0.4 is 0 Å². The molecule has 0 heterocycles. The predicted octanol–water partition coefficient (Wildman–Crippen LogP) is 3.56. The Balaban J connectivity index is 2.98. The molecule has 1 nitrogen and oxygen atoms in total. The summed E-state index contributed by atoms with van der Waals surface area (Å²) in [6, 6.07) is 4.38. The van der Waals surface area contributed by atoms with Crippen LogP contribution in [0, 0.1) is 26.2 Å². The fourth-order valence-corrected chi connectivity index (χ4v) is 2.03. The summed E-state index contributed by atoms with van der Waals surface area (Å²) in [6.07, 6.45) is 0.467. The number of aliphatic hydroxyl groups is 1. The Morgan fingerprint density at radius 1 is 1.06 bits per heavy atom. The van der Waals surface area contributed by atoms with Gasteiger partial charge in [-0.15, -0.1) is 0 Å². The largest absolute Gasteiger partial charge is 0.392 e. The van der Waals surface area contributed by atoms with Gasteiger partial charge in [-0.1, -0.05) is 38.5 Å². The SMILES string of the molecule is Cc1cc(C)c(CC(O)C(C)(C)C)c(C)c1. The fraction of sp³-hybridized carbons (Fsp3) is 0.600. The molecule has 0 saturated heterocycles. The van der Waals surface area contributed by atoms with Gasteiger partial charge in [-0.25, -0.2) is 0 Å². The Labute approximate surface area is 99.5 Å². The summed E-state index contributed by atoms with van der Waals surface area (Å²) in [6.45, 7) is 12.6. The van der Waals surface area contributed by atoms with E-state index in [9.17, 15) is 5.11 Å². The van der Waals surface area contributed by atoms with Crippen LogP contribution in [0.15, 0.2) is 12.1 Å². The smallest absolute Gasteiger partial charge is 0.0628 e. The van der Waals surface area contributed by atoms with E-state index in [1.54, 1.807) is 0 Å². The van der Waals surface area contributed by atoms with E-state index in [2.05, 4.69) is 53.7 Å². The summed E-state index contributed by atoms with van der Waals surface area (Å²) in [5, 5.41) is 10.2. The summed E-state index contributed by atoms with van der Waals surface area (Å²) >= 11 is 0. The Hall–Kier alpha value is -0.820. The van der Waals surface area contributed by atoms with Gasteiger partial charge in [0.15, 0.2) is 0 Å². The molecule has 0 radical (unpaired) electrons. The van der Waals surface area contributed by atoms with Crippen LogP contribution in [0.2, 0.25) is 0 Å². The number of aryl methyl sites for hydroxylation is 3. The molecular formula is C15H24O. The first kappa shape index (κ1) is 13.2. The second kappa shape index (κ2) is 4.58. The second-order valence-corrected chi connectivity index (χ2v) is 5.96. The molecule has 90 valence electrons. The predicted molar refractivity (Wildman–Crippen MR) is 69.8 cm³/mol. The topological polar surface area (TPSA) is 20.2 Å². The summed E-state index contributed by atoms with van der Waals surface area (Å²) in [5.74, 6) is 0. The van der Waals surface area contributed by atoms with E-state index in [4.69, 9.17) is 0 Å². The van der Waals surface area contributed by atoms with E-state index >= 15 is 0 Å². The fourth-order valence-electron chi connectivity index (χ4n) is 2.03. The first-order valence-corrected chi connectivity index (χ1v) is 5.96. The average Bonchev–Trinajstić information content (AvgIpc) is 2.08. The minimum Gasteiger partial charge on any atom is -0.392 e. The number of rotatable bonds is 2. The van der Waals surface area contributed by atoms with Gasteiger partial charge in [-0.2, -0.15) is 0 Å². The van der Waals surface area contributed by atoms with Gasteiger partial charge in [0.1, 0.15) is 0 Å². The number of aliphatic hydroxyl groups excluding tert-OH is 1. The van der Waals surface area contributed by atoms with E-state index in [1.807, 2.05) is 0 Å². The quantitative estimate of drug-likeness (QED) is 0.808. The minimum absolute atomic E-state index is 0.0518. The van der Waals surface area contributed by atoms with Crippen molar-refractivity contribution in [2.75, 3.05) is 0 Å². The zero-order valence-electron chi connectivity index (χ0n) is 11.4. The van der Waals surface area contributed by atoms with Crippen molar-refractivity contribution in [1.29, 1.82) is 0 Å². The van der Waals surface area contributed by atoms with Gasteiger partial charge in [-0.05, 0) is 49.3 Å². The Morgan fingerprint density at radius 3 is 1.88 bits per heavy atom. The van der Waals surface area contributed by atoms with Crippen molar-refractivity contribution in [3.8, 4) is 0 Å². The molecule has 1 heteroatoms. The summed E-state index contributed by atoms with van der Waals surface area (Å²) in [4.78, 5) is 0. The van der Waals surface area contributed by atoms with Crippen LogP contribution in [0.4, 0.5) is 0 Å². The van der Waals surface area contributed by atoms with Gasteiger partial charge in [0, 0.05) is 0 Å². The molecule has 1 N–H and O–H groups in total. The number of hydrogen-bond donors (Lipinski definition) is 1. The molecule has 1 unspecified atom stereocenters. The molecule has 0 aliphatic carbocycles. The van der Waals surface area contributed by atoms with Crippen molar-refractivity contribution in [2.45, 2.75) is 54.1 Å². The summed E-state index contributed by atoms with van der Waals surface area (Å²) in [7, 11) is 0. The lowest BCUT2D eigenvalue weighted by molar-refractivity contribution is 0.0633. The monoisotopic (exact) mass is 220 g/mol. The Kier molecular flexibility index (Phi) is 3.80. The van der Waals surface area contributed by atoms with Crippen LogP contribution in [0.25, 0.3) is 0 Å². The molecule has 0 saturated carbocycles. The third-order valence-electron chi connectivity index (χ3n) is 3.24. The van der Waals surface area contributed by atoms with Gasteiger partial charge in [0.05, 0.1) is 6.10 Å². The molecule has 0 fully saturated rings. The lowest BCUT2D eigenvalue weighted by atomic mass is 9.83. The zero-order valence-corrected chi connectivity index (χ0v) is 11.4. The van der Waals surface area contributed by atoms with Gasteiger partial charge < -0.3 is 5.11 Å². The van der Waals surface area contributed by atoms with Gasteiger partial charge in [0.2, 0.25) is 0 Å². The maximum Gasteiger partial charge on any atom is 0.0628 e. The van der Waals surface area contributed by atoms with Crippen molar-refractivity contribution >= 4 is 0 Å². The van der Waals surface area contributed by atoms with Crippen LogP contribution in [0.3, 0.4) is 0 Å². The maximum atomic E-state index is 10.2. The van der Waals surface area contributed by atoms with Gasteiger partial charge >= 0.3 is 0 Å². The van der Waals surface area contributed by atoms with Crippen molar-refractivity contribution in [2.24, 2.45) is 5.41 Å².